The second-order valence-corrected chi connectivity index (χ2v) is 8.56. The molecule has 7 nitrogen and oxygen atoms in total. The van der Waals surface area contributed by atoms with Crippen molar-refractivity contribution < 1.29 is 9.90 Å². The Labute approximate surface area is 210 Å². The smallest absolute Gasteiger partial charge is 0.236 e. The molecular formula is C24H40IN5O2. The number of nitrogens with one attached hydrogen (secondary N) is 1. The molecule has 0 atom stereocenters. The van der Waals surface area contributed by atoms with Gasteiger partial charge in [0, 0.05) is 52.4 Å². The fraction of sp³-hybridized carbons (Fsp3) is 0.667. The molecule has 3 rings (SSSR count). The van der Waals surface area contributed by atoms with Gasteiger partial charge in [-0.05, 0) is 50.3 Å². The molecule has 32 heavy (non-hydrogen) atoms. The Hall–Kier alpha value is -1.55. The number of halogens is 1. The Morgan fingerprint density at radius 3 is 2.25 bits per heavy atom. The molecule has 0 bridgehead atoms. The van der Waals surface area contributed by atoms with Crippen molar-refractivity contribution in [2.24, 2.45) is 4.99 Å². The van der Waals surface area contributed by atoms with Crippen LogP contribution in [0.4, 0.5) is 0 Å². The molecule has 2 aliphatic heterocycles. The van der Waals surface area contributed by atoms with Crippen LogP contribution in [0.25, 0.3) is 0 Å². The highest BCUT2D eigenvalue weighted by molar-refractivity contribution is 14.0. The Bertz CT molecular complexity index is 697. The number of nitrogens with zero attached hydrogens (tertiary/aromatic N) is 4. The van der Waals surface area contributed by atoms with Crippen molar-refractivity contribution in [2.75, 3.05) is 58.9 Å². The zero-order valence-electron chi connectivity index (χ0n) is 19.5. The van der Waals surface area contributed by atoms with Crippen LogP contribution in [0.2, 0.25) is 0 Å². The van der Waals surface area contributed by atoms with Gasteiger partial charge in [-0.15, -0.1) is 24.0 Å². The number of hydrogen-bond acceptors (Lipinski definition) is 4. The average Bonchev–Trinajstić information content (AvgIpc) is 3.07. The van der Waals surface area contributed by atoms with Gasteiger partial charge < -0.3 is 20.2 Å². The third-order valence-corrected chi connectivity index (χ3v) is 6.15. The van der Waals surface area contributed by atoms with E-state index in [4.69, 9.17) is 4.99 Å². The number of amides is 1. The Balaban J connectivity index is 0.00000363. The van der Waals surface area contributed by atoms with Crippen molar-refractivity contribution in [2.45, 2.75) is 45.4 Å². The monoisotopic (exact) mass is 557 g/mol. The maximum Gasteiger partial charge on any atom is 0.236 e. The summed E-state index contributed by atoms with van der Waals surface area (Å²) in [6.07, 6.45) is 6.73. The lowest BCUT2D eigenvalue weighted by atomic mass is 10.1. The first kappa shape index (κ1) is 26.7. The van der Waals surface area contributed by atoms with Crippen molar-refractivity contribution in [1.29, 1.82) is 0 Å². The fourth-order valence-electron chi connectivity index (χ4n) is 4.29. The van der Waals surface area contributed by atoms with E-state index in [1.165, 1.54) is 18.4 Å². The first-order valence-electron chi connectivity index (χ1n) is 12.0. The number of carbonyl (C=O) groups excluding carboxylic acids is 1. The summed E-state index contributed by atoms with van der Waals surface area (Å²) < 4.78 is 0. The summed E-state index contributed by atoms with van der Waals surface area (Å²) >= 11 is 0. The molecule has 1 aromatic carbocycles. The van der Waals surface area contributed by atoms with Crippen molar-refractivity contribution in [3.63, 3.8) is 0 Å². The number of aliphatic imine (C=N–C) groups is 1. The van der Waals surface area contributed by atoms with Gasteiger partial charge in [-0.3, -0.25) is 14.7 Å². The number of aryl methyl sites for hydroxylation is 1. The van der Waals surface area contributed by atoms with Crippen molar-refractivity contribution in [3.8, 4) is 5.75 Å². The lowest BCUT2D eigenvalue weighted by Crippen LogP contribution is -2.54. The average molecular weight is 558 g/mol. The van der Waals surface area contributed by atoms with Crippen LogP contribution in [0, 0.1) is 0 Å². The highest BCUT2D eigenvalue weighted by Gasteiger charge is 2.23. The Kier molecular flexibility index (Phi) is 12.2. The standard InChI is InChI=1S/C24H39N5O2.HI/c1-2-25-24(26-13-7-8-21-9-11-22(30)12-10-21)29-18-16-27(17-19-29)20-23(31)28-14-5-3-4-6-15-28;/h9-12,30H,2-8,13-20H2,1H3,(H,25,26);1H. The van der Waals surface area contributed by atoms with E-state index in [0.717, 1.165) is 84.0 Å². The lowest BCUT2D eigenvalue weighted by molar-refractivity contribution is -0.132. The summed E-state index contributed by atoms with van der Waals surface area (Å²) in [7, 11) is 0. The minimum absolute atomic E-state index is 0. The Morgan fingerprint density at radius 2 is 1.62 bits per heavy atom. The van der Waals surface area contributed by atoms with E-state index >= 15 is 0 Å². The van der Waals surface area contributed by atoms with Crippen molar-refractivity contribution >= 4 is 35.8 Å². The van der Waals surface area contributed by atoms with E-state index in [1.54, 1.807) is 12.1 Å². The van der Waals surface area contributed by atoms with Gasteiger partial charge in [0.25, 0.3) is 0 Å². The van der Waals surface area contributed by atoms with E-state index in [-0.39, 0.29) is 24.0 Å². The highest BCUT2D eigenvalue weighted by atomic mass is 127. The molecule has 2 N–H and O–H groups in total. The van der Waals surface area contributed by atoms with Crippen molar-refractivity contribution in [3.05, 3.63) is 29.8 Å². The number of phenols is 1. The van der Waals surface area contributed by atoms with E-state index in [2.05, 4.69) is 26.9 Å². The SMILES string of the molecule is CCNC(=NCCCc1ccc(O)cc1)N1CCN(CC(=O)N2CCCCCC2)CC1.I. The fourth-order valence-corrected chi connectivity index (χ4v) is 4.29. The third-order valence-electron chi connectivity index (χ3n) is 6.15. The zero-order valence-corrected chi connectivity index (χ0v) is 21.8. The van der Waals surface area contributed by atoms with Crippen LogP contribution >= 0.6 is 24.0 Å². The maximum absolute atomic E-state index is 12.7. The molecule has 1 amide bonds. The van der Waals surface area contributed by atoms with Gasteiger partial charge in [-0.25, -0.2) is 0 Å². The maximum atomic E-state index is 12.7. The van der Waals surface area contributed by atoms with Crippen LogP contribution in [0.15, 0.2) is 29.3 Å². The number of piperazine rings is 1. The molecule has 0 aromatic heterocycles. The van der Waals surface area contributed by atoms with Gasteiger partial charge in [0.05, 0.1) is 6.54 Å². The zero-order chi connectivity index (χ0) is 21.9. The number of guanidine groups is 1. The van der Waals surface area contributed by atoms with Gasteiger partial charge in [0.2, 0.25) is 5.91 Å². The van der Waals surface area contributed by atoms with E-state index < -0.39 is 0 Å². The second kappa shape index (κ2) is 14.6. The predicted octanol–water partition coefficient (Wildman–Crippen LogP) is 2.93. The Morgan fingerprint density at radius 1 is 0.969 bits per heavy atom. The summed E-state index contributed by atoms with van der Waals surface area (Å²) in [5, 5.41) is 12.8. The summed E-state index contributed by atoms with van der Waals surface area (Å²) in [5.74, 6) is 1.58. The lowest BCUT2D eigenvalue weighted by Gasteiger charge is -2.37. The molecule has 2 fully saturated rings. The molecule has 0 saturated carbocycles. The van der Waals surface area contributed by atoms with E-state index in [1.807, 2.05) is 12.1 Å². The molecule has 180 valence electrons. The van der Waals surface area contributed by atoms with Gasteiger partial charge in [0.15, 0.2) is 5.96 Å². The predicted molar refractivity (Wildman–Crippen MR) is 141 cm³/mol. The first-order valence-corrected chi connectivity index (χ1v) is 12.0. The number of carbonyl (C=O) groups is 1. The van der Waals surface area contributed by atoms with Crippen LogP contribution in [0.1, 0.15) is 44.6 Å². The van der Waals surface area contributed by atoms with Crippen LogP contribution in [-0.4, -0.2) is 90.6 Å². The minimum Gasteiger partial charge on any atom is -0.508 e. The number of aromatic hydroxyl groups is 1. The molecule has 2 aliphatic rings. The summed E-state index contributed by atoms with van der Waals surface area (Å²) in [6.45, 7) is 9.74. The molecule has 0 radical (unpaired) electrons. The van der Waals surface area contributed by atoms with Gasteiger partial charge in [-0.1, -0.05) is 25.0 Å². The van der Waals surface area contributed by atoms with Crippen LogP contribution in [0.3, 0.4) is 0 Å². The number of likely N-dealkylation sites (tertiary alicyclic amines) is 1. The van der Waals surface area contributed by atoms with Gasteiger partial charge >= 0.3 is 0 Å². The number of phenolic OH excluding ortho intramolecular Hbond substituents is 1. The van der Waals surface area contributed by atoms with Gasteiger partial charge in [0.1, 0.15) is 5.75 Å². The quantitative estimate of drug-likeness (QED) is 0.234. The minimum atomic E-state index is 0. The summed E-state index contributed by atoms with van der Waals surface area (Å²) in [6, 6.07) is 7.41. The highest BCUT2D eigenvalue weighted by Crippen LogP contribution is 2.12. The number of hydrogen-bond donors (Lipinski definition) is 2. The molecule has 2 saturated heterocycles. The molecule has 0 unspecified atom stereocenters. The molecule has 0 spiro atoms. The van der Waals surface area contributed by atoms with E-state index in [0.29, 0.717) is 18.2 Å². The molecule has 0 aliphatic carbocycles. The number of benzene rings is 1. The second-order valence-electron chi connectivity index (χ2n) is 8.56. The summed E-state index contributed by atoms with van der Waals surface area (Å²) in [4.78, 5) is 24.2. The normalized spacial score (nSPS) is 18.1. The third kappa shape index (κ3) is 8.77. The van der Waals surface area contributed by atoms with Gasteiger partial charge in [-0.2, -0.15) is 0 Å². The molecule has 8 heteroatoms. The largest absolute Gasteiger partial charge is 0.508 e. The van der Waals surface area contributed by atoms with Crippen LogP contribution < -0.4 is 5.32 Å². The van der Waals surface area contributed by atoms with Crippen LogP contribution in [-0.2, 0) is 11.2 Å². The van der Waals surface area contributed by atoms with Crippen molar-refractivity contribution in [1.82, 2.24) is 20.0 Å². The topological polar surface area (TPSA) is 71.4 Å². The number of rotatable bonds is 7. The molecule has 2 heterocycles. The first-order chi connectivity index (χ1) is 15.2. The van der Waals surface area contributed by atoms with E-state index in [9.17, 15) is 9.90 Å². The molecule has 1 aromatic rings. The summed E-state index contributed by atoms with van der Waals surface area (Å²) in [5.41, 5.74) is 1.22. The molecular weight excluding hydrogens is 517 g/mol. The van der Waals surface area contributed by atoms with Crippen LogP contribution in [0.5, 0.6) is 5.75 Å².